The van der Waals surface area contributed by atoms with Gasteiger partial charge in [-0.3, -0.25) is 14.5 Å². The van der Waals surface area contributed by atoms with E-state index >= 15 is 4.79 Å². The summed E-state index contributed by atoms with van der Waals surface area (Å²) in [5, 5.41) is 91.7. The van der Waals surface area contributed by atoms with Gasteiger partial charge in [0, 0.05) is 6.42 Å². The lowest BCUT2D eigenvalue weighted by Gasteiger charge is -2.30. The summed E-state index contributed by atoms with van der Waals surface area (Å²) in [6.07, 6.45) is 11.4. The van der Waals surface area contributed by atoms with E-state index < -0.39 is 11.1 Å². The maximum Gasteiger partial charge on any atom is 0.239 e. The number of hydrogen-bond acceptors (Lipinski definition) is 4. The standard InChI is InChI=1S/C79H30N4O2/c1-2-3-4-5-6-7-8-9-10-14-18(84)81-16-12-11-13-17(80-16)82-19(85)15-83-78-74-66-58-48-38-30-22-20-21-24-28-26(22)34-42-36(28)46-40-32(24)33-25(21)29-27-23(20)31(30)39-45-35(27)43-37(29)47-41(33)51-50(40)60-54(46)64-56(42)62(52(58)44(34)38)70(74)72(64)76-68(60)69-61(51)55(47)65-57(43)63-53(45)59(49(39)48)67(66)75(78)71(63)73(65)77(69)79(76,78)83/h11-13H,2-10,14-15H2,1H3,(H2,80,81,82,84,85). The summed E-state index contributed by atoms with van der Waals surface area (Å²) in [5.74, 6) is 0.932. The molecule has 0 atom stereocenters. The van der Waals surface area contributed by atoms with Gasteiger partial charge in [-0.1, -0.05) is 64.4 Å². The van der Waals surface area contributed by atoms with E-state index in [-0.39, 0.29) is 18.4 Å². The number of carbonyl (C=O) groups excluding carboxylic acids is 2. The fourth-order valence-corrected chi connectivity index (χ4v) is 27.1. The van der Waals surface area contributed by atoms with Crippen molar-refractivity contribution < 1.29 is 9.59 Å². The monoisotopic (exact) mass is 1070 g/mol. The SMILES string of the molecule is CCCCCCCCCCCC(=O)Nc1cccc(NC(=O)CN2C34c5c6c7c8c9c%10c(c%11c%12c3c3c5c5c%13c6c6c7c7c9c9c%14c%10c%10c%11c%11c%12c%12c3c3c5c5c%13c%13c6c6c7c9c7c9c%14c%10c%10c%11c%11c%12c3c3c5c5c%13c6c7c6c9c%10c%11c3c56)C824)n1. The molecule has 6 nitrogen and oxygen atoms in total. The van der Waals surface area contributed by atoms with E-state index in [0.29, 0.717) is 18.1 Å². The van der Waals surface area contributed by atoms with Gasteiger partial charge in [0.05, 0.1) is 6.54 Å². The Kier molecular flexibility index (Phi) is 3.95. The number of unbranched alkanes of at least 4 members (excludes halogenated alkanes) is 8. The Morgan fingerprint density at radius 3 is 0.765 bits per heavy atom. The number of hydrogen-bond donors (Lipinski definition) is 2. The van der Waals surface area contributed by atoms with Gasteiger partial charge >= 0.3 is 0 Å². The van der Waals surface area contributed by atoms with Crippen molar-refractivity contribution in [2.24, 2.45) is 0 Å². The van der Waals surface area contributed by atoms with Crippen LogP contribution in [0.4, 0.5) is 11.6 Å². The Morgan fingerprint density at radius 1 is 0.306 bits per heavy atom. The molecule has 34 rings (SSSR count). The zero-order valence-corrected chi connectivity index (χ0v) is 45.2. The maximum atomic E-state index is 15.9. The zero-order valence-electron chi connectivity index (χ0n) is 45.2. The smallest absolute Gasteiger partial charge is 0.239 e. The van der Waals surface area contributed by atoms with E-state index in [4.69, 9.17) is 4.98 Å². The van der Waals surface area contributed by atoms with Crippen LogP contribution in [0.15, 0.2) is 18.2 Å². The van der Waals surface area contributed by atoms with Gasteiger partial charge < -0.3 is 10.6 Å². The van der Waals surface area contributed by atoms with Crippen molar-refractivity contribution in [1.29, 1.82) is 0 Å². The molecule has 1 fully saturated rings. The second kappa shape index (κ2) is 9.26. The van der Waals surface area contributed by atoms with Crippen LogP contribution in [0.3, 0.4) is 0 Å². The molecule has 5 aliphatic rings. The summed E-state index contributed by atoms with van der Waals surface area (Å²) >= 11 is 0. The third-order valence-corrected chi connectivity index (χ3v) is 28.1. The molecule has 4 aliphatic carbocycles. The van der Waals surface area contributed by atoms with Gasteiger partial charge in [-0.05, 0) is 332 Å². The van der Waals surface area contributed by atoms with E-state index in [1.165, 1.54) is 88.0 Å². The molecule has 0 saturated carbocycles. The average Bonchev–Trinajstić information content (AvgIpc) is 1.37. The van der Waals surface area contributed by atoms with Crippen molar-refractivity contribution in [3.63, 3.8) is 0 Å². The third-order valence-electron chi connectivity index (χ3n) is 28.1. The molecule has 2 amide bonds. The largest absolute Gasteiger partial charge is 0.311 e. The number of benzene rings is 18. The number of nitrogens with zero attached hydrogens (tertiary/aromatic N) is 2. The number of pyridine rings is 1. The number of amides is 2. The predicted molar refractivity (Wildman–Crippen MR) is 354 cm³/mol. The van der Waals surface area contributed by atoms with Gasteiger partial charge in [0.1, 0.15) is 22.7 Å². The lowest BCUT2D eigenvalue weighted by atomic mass is 9.68. The van der Waals surface area contributed by atoms with Crippen LogP contribution in [0.25, 0.3) is 291 Å². The zero-order chi connectivity index (χ0) is 52.4. The molecule has 2 N–H and O–H groups in total. The van der Waals surface area contributed by atoms with E-state index in [1.54, 1.807) is 270 Å². The van der Waals surface area contributed by atoms with Gasteiger partial charge in [-0.25, -0.2) is 4.98 Å². The van der Waals surface area contributed by atoms with Crippen molar-refractivity contribution in [2.45, 2.75) is 82.2 Å². The number of aromatic nitrogens is 1. The molecule has 0 bridgehead atoms. The summed E-state index contributed by atoms with van der Waals surface area (Å²) in [5.41, 5.74) is 5.03. The number of carbonyl (C=O) groups is 2. The lowest BCUT2D eigenvalue weighted by molar-refractivity contribution is -0.117. The van der Waals surface area contributed by atoms with Crippen molar-refractivity contribution in [3.8, 4) is 0 Å². The highest BCUT2D eigenvalue weighted by atomic mass is 16.2. The van der Waals surface area contributed by atoms with Gasteiger partial charge in [0.25, 0.3) is 0 Å². The maximum absolute atomic E-state index is 15.9. The quantitative estimate of drug-likeness (QED) is 0.0646. The van der Waals surface area contributed by atoms with Crippen molar-refractivity contribution >= 4 is 314 Å². The highest BCUT2D eigenvalue weighted by molar-refractivity contribution is 6.82. The normalized spacial score (nSPS) is 21.1. The minimum Gasteiger partial charge on any atom is -0.311 e. The first-order valence-electron chi connectivity index (χ1n) is 32.3. The molecule has 6 heteroatoms. The summed E-state index contributed by atoms with van der Waals surface area (Å²) < 4.78 is 0. The molecule has 1 saturated heterocycles. The van der Waals surface area contributed by atoms with Crippen LogP contribution in [0.2, 0.25) is 0 Å². The molecule has 2 spiro atoms. The molecule has 1 aliphatic heterocycles. The van der Waals surface area contributed by atoms with Crippen molar-refractivity contribution in [1.82, 2.24) is 9.88 Å². The first-order chi connectivity index (χ1) is 42.2. The topological polar surface area (TPSA) is 74.1 Å². The molecule has 0 radical (unpaired) electrons. The highest BCUT2D eigenvalue weighted by Gasteiger charge is 2.86. The molecular weight excluding hydrogens is 1040 g/mol. The van der Waals surface area contributed by atoms with E-state index in [1.807, 2.05) is 18.2 Å². The minimum atomic E-state index is -0.575. The van der Waals surface area contributed by atoms with Gasteiger partial charge in [-0.2, -0.15) is 0 Å². The van der Waals surface area contributed by atoms with Crippen LogP contribution in [-0.4, -0.2) is 28.2 Å². The van der Waals surface area contributed by atoms with E-state index in [0.717, 1.165) is 12.8 Å². The lowest BCUT2D eigenvalue weighted by Crippen LogP contribution is -2.27. The fourth-order valence-electron chi connectivity index (χ4n) is 27.1. The second-order valence-corrected chi connectivity index (χ2v) is 29.8. The fraction of sp³-hybridized carbons (Fsp3) is 0.177. The van der Waals surface area contributed by atoms with Gasteiger partial charge in [0.15, 0.2) is 0 Å². The molecule has 0 unspecified atom stereocenters. The van der Waals surface area contributed by atoms with Crippen LogP contribution in [0.5, 0.6) is 0 Å². The number of anilines is 2. The van der Waals surface area contributed by atoms with Crippen LogP contribution in [0.1, 0.15) is 93.4 Å². The number of rotatable bonds is 14. The van der Waals surface area contributed by atoms with Gasteiger partial charge in [0.2, 0.25) is 11.8 Å². The Morgan fingerprint density at radius 2 is 0.518 bits per heavy atom. The molecule has 378 valence electrons. The van der Waals surface area contributed by atoms with E-state index in [2.05, 4.69) is 22.5 Å². The first kappa shape index (κ1) is 36.3. The van der Waals surface area contributed by atoms with Crippen LogP contribution < -0.4 is 10.6 Å². The molecule has 29 aromatic rings. The minimum absolute atomic E-state index is 0.0107. The average molecular weight is 1070 g/mol. The molecule has 1 aromatic heterocycles. The molecule has 28 aromatic carbocycles. The Balaban J connectivity index is 0.747. The van der Waals surface area contributed by atoms with Crippen LogP contribution in [0, 0.1) is 0 Å². The highest BCUT2D eigenvalue weighted by Crippen LogP contribution is 2.90. The Bertz CT molecular complexity index is 7310. The summed E-state index contributed by atoms with van der Waals surface area (Å²) in [6, 6.07) is 5.70. The summed E-state index contributed by atoms with van der Waals surface area (Å²) in [6.45, 7) is 2.50. The van der Waals surface area contributed by atoms with Crippen LogP contribution in [-0.2, 0) is 20.7 Å². The molecule has 2 heterocycles. The Hall–Kier alpha value is -9.49. The van der Waals surface area contributed by atoms with Gasteiger partial charge in [-0.15, -0.1) is 0 Å². The third kappa shape index (κ3) is 2.37. The van der Waals surface area contributed by atoms with Crippen molar-refractivity contribution in [2.75, 3.05) is 17.2 Å². The van der Waals surface area contributed by atoms with Crippen molar-refractivity contribution in [3.05, 3.63) is 40.5 Å². The number of nitrogens with one attached hydrogen (secondary N) is 2. The summed E-state index contributed by atoms with van der Waals surface area (Å²) in [7, 11) is 0. The molecular formula is C79H30N4O2. The predicted octanol–water partition coefficient (Wildman–Crippen LogP) is 20.4. The van der Waals surface area contributed by atoms with E-state index in [9.17, 15) is 4.79 Å². The first-order valence-corrected chi connectivity index (χ1v) is 32.3. The Labute approximate surface area is 471 Å². The summed E-state index contributed by atoms with van der Waals surface area (Å²) in [4.78, 5) is 37.1. The second-order valence-electron chi connectivity index (χ2n) is 29.8. The molecule has 85 heavy (non-hydrogen) atoms. The van der Waals surface area contributed by atoms with Crippen LogP contribution >= 0.6 is 0 Å².